The normalized spacial score (nSPS) is 29.8. The first-order valence-corrected chi connectivity index (χ1v) is 9.33. The molecule has 132 valence electrons. The van der Waals surface area contributed by atoms with E-state index in [1.54, 1.807) is 0 Å². The number of nitrogens with zero attached hydrogens (tertiary/aromatic N) is 3. The minimum absolute atomic E-state index is 0.00176. The van der Waals surface area contributed by atoms with Gasteiger partial charge in [0.1, 0.15) is 27.1 Å². The molecule has 0 aliphatic carbocycles. The molecule has 0 amide bonds. The highest BCUT2D eigenvalue weighted by molar-refractivity contribution is 8.30. The summed E-state index contributed by atoms with van der Waals surface area (Å²) in [6.07, 6.45) is -3.63. The van der Waals surface area contributed by atoms with Gasteiger partial charge in [0, 0.05) is 11.2 Å². The molecule has 0 aromatic carbocycles. The molecular weight excluding hydrogens is 362 g/mol. The van der Waals surface area contributed by atoms with Crippen LogP contribution in [0.5, 0.6) is 0 Å². The van der Waals surface area contributed by atoms with Crippen LogP contribution in [0.15, 0.2) is 11.1 Å². The third-order valence-electron chi connectivity index (χ3n) is 3.68. The van der Waals surface area contributed by atoms with Gasteiger partial charge in [0.25, 0.3) is 5.56 Å². The molecule has 0 bridgehead atoms. The first-order chi connectivity index (χ1) is 11.2. The fourth-order valence-electron chi connectivity index (χ4n) is 2.50. The molecule has 13 heteroatoms. The molecule has 0 radical (unpaired) electrons. The molecule has 3 heterocycles. The van der Waals surface area contributed by atoms with Crippen molar-refractivity contribution >= 4 is 37.1 Å². The van der Waals surface area contributed by atoms with Crippen molar-refractivity contribution in [1.82, 2.24) is 19.5 Å². The van der Waals surface area contributed by atoms with Gasteiger partial charge >= 0.3 is 0 Å². The van der Waals surface area contributed by atoms with Crippen LogP contribution < -0.4 is 11.3 Å². The van der Waals surface area contributed by atoms with E-state index in [2.05, 4.69) is 19.1 Å². The van der Waals surface area contributed by atoms with Crippen molar-refractivity contribution in [3.8, 4) is 0 Å². The largest absolute Gasteiger partial charge is 0.387 e. The van der Waals surface area contributed by atoms with Crippen LogP contribution in [0.25, 0.3) is 11.2 Å². The van der Waals surface area contributed by atoms with E-state index in [9.17, 15) is 19.2 Å². The first-order valence-electron chi connectivity index (χ1n) is 6.75. The van der Waals surface area contributed by atoms with Crippen molar-refractivity contribution in [3.63, 3.8) is 0 Å². The Kier molecular flexibility index (Phi) is 4.31. The van der Waals surface area contributed by atoms with E-state index < -0.39 is 38.9 Å². The van der Waals surface area contributed by atoms with Crippen molar-refractivity contribution < 1.29 is 23.3 Å². The van der Waals surface area contributed by atoms with Crippen LogP contribution in [0.4, 0.5) is 5.95 Å². The predicted octanol–water partition coefficient (Wildman–Crippen LogP) is -2.37. The van der Waals surface area contributed by atoms with Crippen LogP contribution in [-0.4, -0.2) is 65.1 Å². The number of imidazole rings is 1. The highest BCUT2D eigenvalue weighted by atomic mass is 32.8. The van der Waals surface area contributed by atoms with Gasteiger partial charge in [0.15, 0.2) is 17.4 Å². The van der Waals surface area contributed by atoms with Crippen molar-refractivity contribution in [3.05, 3.63) is 16.7 Å². The van der Waals surface area contributed by atoms with Crippen LogP contribution in [0.2, 0.25) is 0 Å². The number of H-pyrrole nitrogens is 1. The fourth-order valence-corrected chi connectivity index (χ4v) is 3.71. The van der Waals surface area contributed by atoms with Gasteiger partial charge in [-0.1, -0.05) is 0 Å². The highest BCUT2D eigenvalue weighted by Crippen LogP contribution is 2.31. The number of aliphatic hydroxyl groups excluding tert-OH is 2. The zero-order valence-corrected chi connectivity index (χ0v) is 14.0. The molecule has 1 fully saturated rings. The van der Waals surface area contributed by atoms with Crippen LogP contribution in [0.1, 0.15) is 6.23 Å². The van der Waals surface area contributed by atoms with Crippen LogP contribution in [-0.2, 0) is 28.9 Å². The number of fused-ring (bicyclic) bond motifs is 1. The second-order valence-corrected chi connectivity index (χ2v) is 8.52. The number of aromatic amines is 1. The first kappa shape index (κ1) is 17.2. The minimum atomic E-state index is -3.09. The second-order valence-electron chi connectivity index (χ2n) is 5.21. The SMILES string of the molecule is COS(=O)(=S)C[C@H]1O[C@@H](n2cnc3c(=O)[nH]c(N)nc32)C(O)[C@H]1O. The summed E-state index contributed by atoms with van der Waals surface area (Å²) in [5, 5.41) is 20.3. The number of aliphatic hydroxyl groups is 2. The molecule has 3 rings (SSSR count). The smallest absolute Gasteiger partial charge is 0.280 e. The summed E-state index contributed by atoms with van der Waals surface area (Å²) < 4.78 is 23.4. The molecule has 2 aromatic heterocycles. The minimum Gasteiger partial charge on any atom is -0.387 e. The average Bonchev–Trinajstić information content (AvgIpc) is 3.03. The molecule has 0 saturated carbocycles. The lowest BCUT2D eigenvalue weighted by Crippen LogP contribution is -2.35. The van der Waals surface area contributed by atoms with E-state index in [1.165, 1.54) is 18.0 Å². The third kappa shape index (κ3) is 2.89. The Balaban J connectivity index is 1.97. The molecule has 2 unspecified atom stereocenters. The molecular formula is C11H15N5O6S2. The number of anilines is 1. The summed E-state index contributed by atoms with van der Waals surface area (Å²) in [4.78, 5) is 22.0. The molecule has 0 spiro atoms. The van der Waals surface area contributed by atoms with Gasteiger partial charge in [-0.2, -0.15) is 4.98 Å². The standard InChI is InChI=1S/C11H15N5O6S2/c1-21-24(20,23)2-4-6(17)7(18)10(22-4)16-3-13-5-8(16)14-11(12)15-9(5)19/h3-4,6-7,10,17-18H,2H2,1H3,(H3,12,14,15,19)/t4-,6+,7?,10-,24?/m1/s1. The highest BCUT2D eigenvalue weighted by Gasteiger charge is 2.45. The van der Waals surface area contributed by atoms with Crippen LogP contribution >= 0.6 is 0 Å². The molecule has 5 atom stereocenters. The maximum absolute atomic E-state index is 11.9. The number of rotatable bonds is 4. The van der Waals surface area contributed by atoms with Gasteiger partial charge in [-0.15, -0.1) is 0 Å². The Morgan fingerprint density at radius 1 is 1.54 bits per heavy atom. The Morgan fingerprint density at radius 3 is 2.92 bits per heavy atom. The van der Waals surface area contributed by atoms with E-state index in [0.717, 1.165) is 0 Å². The molecule has 1 aliphatic heterocycles. The lowest BCUT2D eigenvalue weighted by molar-refractivity contribution is -0.0293. The van der Waals surface area contributed by atoms with Crippen LogP contribution in [0.3, 0.4) is 0 Å². The number of hydrogen-bond donors (Lipinski definition) is 4. The molecule has 11 nitrogen and oxygen atoms in total. The third-order valence-corrected chi connectivity index (χ3v) is 5.75. The van der Waals surface area contributed by atoms with Gasteiger partial charge in [0.2, 0.25) is 5.95 Å². The number of nitrogens with two attached hydrogens (primary N) is 1. The summed E-state index contributed by atoms with van der Waals surface area (Å²) in [6, 6.07) is 0. The summed E-state index contributed by atoms with van der Waals surface area (Å²) in [6.45, 7) is 0. The second kappa shape index (κ2) is 6.02. The summed E-state index contributed by atoms with van der Waals surface area (Å²) in [7, 11) is -1.90. The monoisotopic (exact) mass is 377 g/mol. The van der Waals surface area contributed by atoms with Gasteiger partial charge in [-0.05, 0) is 0 Å². The Bertz CT molecular complexity index is 925. The van der Waals surface area contributed by atoms with Crippen molar-refractivity contribution in [1.29, 1.82) is 0 Å². The van der Waals surface area contributed by atoms with Crippen molar-refractivity contribution in [2.75, 3.05) is 18.6 Å². The van der Waals surface area contributed by atoms with Crippen LogP contribution in [0, 0.1) is 0 Å². The zero-order valence-electron chi connectivity index (χ0n) is 12.4. The maximum Gasteiger partial charge on any atom is 0.280 e. The lowest BCUT2D eigenvalue weighted by Gasteiger charge is -2.16. The summed E-state index contributed by atoms with van der Waals surface area (Å²) in [5.41, 5.74) is 5.05. The lowest BCUT2D eigenvalue weighted by atomic mass is 10.1. The van der Waals surface area contributed by atoms with E-state index in [0.29, 0.717) is 0 Å². The Labute approximate surface area is 140 Å². The van der Waals surface area contributed by atoms with E-state index >= 15 is 0 Å². The number of nitrogens with one attached hydrogen (secondary N) is 1. The fraction of sp³-hybridized carbons (Fsp3) is 0.545. The van der Waals surface area contributed by atoms with Gasteiger partial charge in [-0.25, -0.2) is 9.19 Å². The van der Waals surface area contributed by atoms with Crippen molar-refractivity contribution in [2.24, 2.45) is 0 Å². The quantitative estimate of drug-likeness (QED) is 0.452. The molecule has 2 aromatic rings. The summed E-state index contributed by atoms with van der Waals surface area (Å²) >= 11 is 4.76. The zero-order chi connectivity index (χ0) is 17.6. The van der Waals surface area contributed by atoms with E-state index in [4.69, 9.17) is 21.7 Å². The molecule has 24 heavy (non-hydrogen) atoms. The van der Waals surface area contributed by atoms with Crippen molar-refractivity contribution in [2.45, 2.75) is 24.5 Å². The number of ether oxygens (including phenoxy) is 1. The topological polar surface area (TPSA) is 166 Å². The van der Waals surface area contributed by atoms with E-state index in [-0.39, 0.29) is 22.9 Å². The number of hydrogen-bond acceptors (Lipinski definition) is 10. The molecule has 1 saturated heterocycles. The van der Waals surface area contributed by atoms with Gasteiger partial charge in [-0.3, -0.25) is 18.5 Å². The Morgan fingerprint density at radius 2 is 2.25 bits per heavy atom. The summed E-state index contributed by atoms with van der Waals surface area (Å²) in [5.74, 6) is -0.414. The van der Waals surface area contributed by atoms with Gasteiger partial charge < -0.3 is 20.7 Å². The maximum atomic E-state index is 11.9. The molecule has 5 N–H and O–H groups in total. The Hall–Kier alpha value is -1.64. The number of aromatic nitrogens is 4. The van der Waals surface area contributed by atoms with Gasteiger partial charge in [0.05, 0.1) is 19.2 Å². The number of nitrogen functional groups attached to an aromatic ring is 1. The van der Waals surface area contributed by atoms with E-state index in [1.807, 2.05) is 0 Å². The predicted molar refractivity (Wildman–Crippen MR) is 85.9 cm³/mol. The molecule has 1 aliphatic rings. The average molecular weight is 377 g/mol.